The SMILES string of the molecule is Cc1cc(CN2CCCC(CCC(N)(CCCCB(O)O)C(=O)O)C2)ccc1Cl. The molecule has 1 aliphatic heterocycles. The van der Waals surface area contributed by atoms with Crippen LogP contribution in [-0.4, -0.2) is 51.8 Å². The van der Waals surface area contributed by atoms with Gasteiger partial charge in [0.1, 0.15) is 5.54 Å². The summed E-state index contributed by atoms with van der Waals surface area (Å²) < 4.78 is 0. The van der Waals surface area contributed by atoms with Crippen LogP contribution in [0.5, 0.6) is 0 Å². The lowest BCUT2D eigenvalue weighted by molar-refractivity contribution is -0.144. The molecule has 0 amide bonds. The Morgan fingerprint density at radius 2 is 2.10 bits per heavy atom. The van der Waals surface area contributed by atoms with Crippen LogP contribution in [0, 0.1) is 12.8 Å². The minimum absolute atomic E-state index is 0.247. The van der Waals surface area contributed by atoms with Gasteiger partial charge in [0.05, 0.1) is 0 Å². The quantitative estimate of drug-likeness (QED) is 0.321. The number of aryl methyl sites for hydroxylation is 1. The van der Waals surface area contributed by atoms with Crippen molar-refractivity contribution in [2.45, 2.75) is 70.3 Å². The zero-order chi connectivity index (χ0) is 21.4. The minimum Gasteiger partial charge on any atom is -0.480 e. The predicted octanol–water partition coefficient (Wildman–Crippen LogP) is 3.07. The van der Waals surface area contributed by atoms with Gasteiger partial charge in [-0.3, -0.25) is 9.69 Å². The summed E-state index contributed by atoms with van der Waals surface area (Å²) in [5.74, 6) is -0.523. The van der Waals surface area contributed by atoms with Crippen LogP contribution in [0.15, 0.2) is 18.2 Å². The number of carboxylic acids is 1. The van der Waals surface area contributed by atoms with Gasteiger partial charge in [0.25, 0.3) is 0 Å². The Kier molecular flexibility index (Phi) is 9.43. The summed E-state index contributed by atoms with van der Waals surface area (Å²) >= 11 is 6.12. The Morgan fingerprint density at radius 1 is 1.34 bits per heavy atom. The average molecular weight is 425 g/mol. The molecule has 8 heteroatoms. The van der Waals surface area contributed by atoms with Gasteiger partial charge < -0.3 is 20.9 Å². The first-order valence-electron chi connectivity index (χ1n) is 10.6. The number of rotatable bonds is 11. The van der Waals surface area contributed by atoms with Gasteiger partial charge in [-0.1, -0.05) is 36.6 Å². The first kappa shape index (κ1) is 24.2. The van der Waals surface area contributed by atoms with Crippen LogP contribution in [0.2, 0.25) is 11.3 Å². The van der Waals surface area contributed by atoms with E-state index in [2.05, 4.69) is 17.0 Å². The molecule has 1 fully saturated rings. The number of hydrogen-bond donors (Lipinski definition) is 4. The molecule has 1 saturated heterocycles. The monoisotopic (exact) mass is 424 g/mol. The summed E-state index contributed by atoms with van der Waals surface area (Å²) in [6.45, 7) is 4.89. The molecule has 0 spiro atoms. The molecule has 1 aromatic carbocycles. The highest BCUT2D eigenvalue weighted by molar-refractivity contribution is 6.40. The lowest BCUT2D eigenvalue weighted by Gasteiger charge is -2.34. The van der Waals surface area contributed by atoms with Crippen LogP contribution in [0.4, 0.5) is 0 Å². The van der Waals surface area contributed by atoms with E-state index in [0.29, 0.717) is 31.6 Å². The molecular formula is C21H34BClN2O4. The third-order valence-corrected chi connectivity index (χ3v) is 6.42. The molecule has 1 aliphatic rings. The van der Waals surface area contributed by atoms with Gasteiger partial charge >= 0.3 is 13.1 Å². The minimum atomic E-state index is -1.34. The molecule has 5 N–H and O–H groups in total. The van der Waals surface area contributed by atoms with E-state index >= 15 is 0 Å². The second-order valence-electron chi connectivity index (χ2n) is 8.55. The van der Waals surface area contributed by atoms with Crippen LogP contribution in [0.25, 0.3) is 0 Å². The van der Waals surface area contributed by atoms with Crippen molar-refractivity contribution in [3.63, 3.8) is 0 Å². The summed E-state index contributed by atoms with van der Waals surface area (Å²) in [5, 5.41) is 28.2. The number of piperidine rings is 1. The number of aliphatic carboxylic acids is 1. The summed E-state index contributed by atoms with van der Waals surface area (Å²) in [6, 6.07) is 6.14. The molecule has 1 aromatic rings. The number of nitrogens with two attached hydrogens (primary N) is 1. The third kappa shape index (κ3) is 7.91. The number of likely N-dealkylation sites (tertiary alicyclic amines) is 1. The normalized spacial score (nSPS) is 19.7. The van der Waals surface area contributed by atoms with Crippen molar-refractivity contribution in [1.82, 2.24) is 4.90 Å². The topological polar surface area (TPSA) is 107 Å². The largest absolute Gasteiger partial charge is 0.480 e. The Bertz CT molecular complexity index is 676. The number of hydrogen-bond acceptors (Lipinski definition) is 5. The zero-order valence-electron chi connectivity index (χ0n) is 17.3. The van der Waals surface area contributed by atoms with Crippen molar-refractivity contribution in [3.8, 4) is 0 Å². The Balaban J connectivity index is 1.84. The van der Waals surface area contributed by atoms with E-state index in [1.807, 2.05) is 13.0 Å². The summed E-state index contributed by atoms with van der Waals surface area (Å²) in [6.07, 6.45) is 5.19. The van der Waals surface area contributed by atoms with Crippen LogP contribution in [-0.2, 0) is 11.3 Å². The van der Waals surface area contributed by atoms with Gasteiger partial charge in [-0.25, -0.2) is 0 Å². The highest BCUT2D eigenvalue weighted by atomic mass is 35.5. The van der Waals surface area contributed by atoms with Crippen LogP contribution in [0.1, 0.15) is 56.1 Å². The van der Waals surface area contributed by atoms with Crippen LogP contribution >= 0.6 is 11.6 Å². The fourth-order valence-electron chi connectivity index (χ4n) is 4.16. The van der Waals surface area contributed by atoms with E-state index in [9.17, 15) is 9.90 Å². The van der Waals surface area contributed by atoms with Crippen molar-refractivity contribution in [3.05, 3.63) is 34.3 Å². The molecular weight excluding hydrogens is 391 g/mol. The molecule has 1 heterocycles. The fourth-order valence-corrected chi connectivity index (χ4v) is 4.28. The standard InChI is InChI=1S/C21H34BClN2O4/c1-16-13-18(6-7-19(16)23)15-25-12-4-5-17(14-25)8-10-21(24,20(26)27)9-2-3-11-22(28)29/h6-7,13,17,28-29H,2-5,8-12,14-15,24H2,1H3,(H,26,27). The highest BCUT2D eigenvalue weighted by Gasteiger charge is 2.34. The first-order valence-corrected chi connectivity index (χ1v) is 10.9. The lowest BCUT2D eigenvalue weighted by Crippen LogP contribution is -2.48. The molecule has 0 radical (unpaired) electrons. The maximum Gasteiger partial charge on any atom is 0.451 e. The number of nitrogens with zero attached hydrogens (tertiary/aromatic N) is 1. The van der Waals surface area contributed by atoms with Gasteiger partial charge in [-0.05, 0) is 75.0 Å². The average Bonchev–Trinajstić information content (AvgIpc) is 2.67. The summed E-state index contributed by atoms with van der Waals surface area (Å²) in [7, 11) is -1.34. The molecule has 6 nitrogen and oxygen atoms in total. The van der Waals surface area contributed by atoms with Crippen molar-refractivity contribution in [2.24, 2.45) is 11.7 Å². The molecule has 29 heavy (non-hydrogen) atoms. The maximum atomic E-state index is 11.7. The molecule has 2 rings (SSSR count). The van der Waals surface area contributed by atoms with E-state index in [1.165, 1.54) is 5.56 Å². The second kappa shape index (κ2) is 11.3. The number of benzene rings is 1. The smallest absolute Gasteiger partial charge is 0.451 e. The van der Waals surface area contributed by atoms with Crippen LogP contribution in [0.3, 0.4) is 0 Å². The van der Waals surface area contributed by atoms with Gasteiger partial charge in [-0.15, -0.1) is 0 Å². The molecule has 0 bridgehead atoms. The summed E-state index contributed by atoms with van der Waals surface area (Å²) in [4.78, 5) is 14.2. The molecule has 162 valence electrons. The van der Waals surface area contributed by atoms with Crippen molar-refractivity contribution >= 4 is 24.7 Å². The number of carbonyl (C=O) groups is 1. The second-order valence-corrected chi connectivity index (χ2v) is 8.96. The van der Waals surface area contributed by atoms with Crippen molar-refractivity contribution in [1.29, 1.82) is 0 Å². The zero-order valence-corrected chi connectivity index (χ0v) is 18.1. The Morgan fingerprint density at radius 3 is 2.76 bits per heavy atom. The van der Waals surface area contributed by atoms with E-state index in [-0.39, 0.29) is 6.32 Å². The Labute approximate surface area is 179 Å². The highest BCUT2D eigenvalue weighted by Crippen LogP contribution is 2.28. The molecule has 2 atom stereocenters. The van der Waals surface area contributed by atoms with E-state index < -0.39 is 18.6 Å². The predicted molar refractivity (Wildman–Crippen MR) is 117 cm³/mol. The van der Waals surface area contributed by atoms with E-state index in [1.54, 1.807) is 0 Å². The van der Waals surface area contributed by atoms with Gasteiger partial charge in [0.2, 0.25) is 0 Å². The third-order valence-electron chi connectivity index (χ3n) is 5.99. The maximum absolute atomic E-state index is 11.7. The summed E-state index contributed by atoms with van der Waals surface area (Å²) in [5.41, 5.74) is 7.30. The van der Waals surface area contributed by atoms with Gasteiger partial charge in [-0.2, -0.15) is 0 Å². The van der Waals surface area contributed by atoms with Crippen molar-refractivity contribution < 1.29 is 19.9 Å². The van der Waals surface area contributed by atoms with Gasteiger partial charge in [0.15, 0.2) is 0 Å². The van der Waals surface area contributed by atoms with E-state index in [4.69, 9.17) is 27.4 Å². The lowest BCUT2D eigenvalue weighted by atomic mass is 9.80. The van der Waals surface area contributed by atoms with E-state index in [0.717, 1.165) is 49.5 Å². The van der Waals surface area contributed by atoms with Crippen molar-refractivity contribution in [2.75, 3.05) is 13.1 Å². The first-order chi connectivity index (χ1) is 13.7. The number of unbranched alkanes of at least 4 members (excludes halogenated alkanes) is 1. The number of halogens is 1. The molecule has 0 saturated carbocycles. The molecule has 0 aromatic heterocycles. The number of carboxylic acid groups (broad SMARTS) is 1. The van der Waals surface area contributed by atoms with Gasteiger partial charge in [0, 0.05) is 18.1 Å². The Hall–Kier alpha value is -1.12. The molecule has 2 unspecified atom stereocenters. The molecule has 0 aliphatic carbocycles. The fraction of sp³-hybridized carbons (Fsp3) is 0.667. The van der Waals surface area contributed by atoms with Crippen LogP contribution < -0.4 is 5.73 Å².